The van der Waals surface area contributed by atoms with Gasteiger partial charge in [0.2, 0.25) is 5.91 Å². The molecular weight excluding hydrogens is 375 g/mol. The molecule has 1 aliphatic heterocycles. The van der Waals surface area contributed by atoms with Gasteiger partial charge in [-0.1, -0.05) is 17.7 Å². The second kappa shape index (κ2) is 7.28. The van der Waals surface area contributed by atoms with Crippen molar-refractivity contribution in [2.45, 2.75) is 63.5 Å². The molecule has 1 heterocycles. The van der Waals surface area contributed by atoms with Crippen molar-refractivity contribution < 1.29 is 9.18 Å². The highest BCUT2D eigenvalue weighted by molar-refractivity contribution is 6.30. The van der Waals surface area contributed by atoms with Crippen LogP contribution in [-0.2, 0) is 11.3 Å². The number of halogens is 2. The van der Waals surface area contributed by atoms with Crippen molar-refractivity contribution in [3.05, 3.63) is 34.6 Å². The van der Waals surface area contributed by atoms with Gasteiger partial charge in [-0.05, 0) is 94.3 Å². The van der Waals surface area contributed by atoms with E-state index in [2.05, 4.69) is 10.2 Å². The Labute approximate surface area is 172 Å². The lowest BCUT2D eigenvalue weighted by atomic mass is 9.53. The molecule has 1 saturated heterocycles. The number of piperidine rings is 1. The molecule has 5 aliphatic rings. The number of rotatable bonds is 4. The summed E-state index contributed by atoms with van der Waals surface area (Å²) in [5.74, 6) is 2.70. The Morgan fingerprint density at radius 1 is 1.11 bits per heavy atom. The zero-order valence-electron chi connectivity index (χ0n) is 16.4. The summed E-state index contributed by atoms with van der Waals surface area (Å²) in [5, 5.41) is 3.97. The van der Waals surface area contributed by atoms with Gasteiger partial charge in [-0.15, -0.1) is 0 Å². The molecular formula is C23H30ClFN2O. The van der Waals surface area contributed by atoms with Gasteiger partial charge in [-0.3, -0.25) is 9.69 Å². The van der Waals surface area contributed by atoms with E-state index in [4.69, 9.17) is 11.6 Å². The minimum absolute atomic E-state index is 0.107. The van der Waals surface area contributed by atoms with E-state index in [0.29, 0.717) is 17.1 Å². The number of amides is 1. The van der Waals surface area contributed by atoms with E-state index in [1.54, 1.807) is 12.1 Å². The van der Waals surface area contributed by atoms with Crippen LogP contribution in [0.1, 0.15) is 56.9 Å². The van der Waals surface area contributed by atoms with Crippen LogP contribution in [0, 0.1) is 29.5 Å². The quantitative estimate of drug-likeness (QED) is 0.783. The van der Waals surface area contributed by atoms with Crippen molar-refractivity contribution in [3.63, 3.8) is 0 Å². The van der Waals surface area contributed by atoms with Gasteiger partial charge in [0.15, 0.2) is 0 Å². The van der Waals surface area contributed by atoms with Crippen LogP contribution in [0.25, 0.3) is 0 Å². The highest BCUT2D eigenvalue weighted by Gasteiger charge is 2.51. The molecule has 4 aliphatic carbocycles. The fourth-order valence-corrected chi connectivity index (χ4v) is 7.03. The third-order valence-electron chi connectivity index (χ3n) is 7.79. The fraction of sp³-hybridized carbons (Fsp3) is 0.696. The molecule has 5 heteroatoms. The molecule has 1 amide bonds. The Balaban J connectivity index is 1.15. The molecule has 1 N–H and O–H groups in total. The van der Waals surface area contributed by atoms with Gasteiger partial charge in [0.25, 0.3) is 0 Å². The predicted molar refractivity (Wildman–Crippen MR) is 108 cm³/mol. The number of nitrogens with one attached hydrogen (secondary N) is 1. The van der Waals surface area contributed by atoms with Crippen molar-refractivity contribution in [3.8, 4) is 0 Å². The maximum atomic E-state index is 14.0. The lowest BCUT2D eigenvalue weighted by Crippen LogP contribution is -2.61. The van der Waals surface area contributed by atoms with E-state index in [-0.39, 0.29) is 23.2 Å². The van der Waals surface area contributed by atoms with Crippen LogP contribution in [-0.4, -0.2) is 29.4 Å². The van der Waals surface area contributed by atoms with Crippen molar-refractivity contribution in [1.82, 2.24) is 10.2 Å². The minimum atomic E-state index is -0.241. The SMILES string of the molecule is O=C(NC12CC3CC(CC(C3)C1)C2)C1CCN(Cc2ccc(Cl)cc2F)CC1. The molecule has 1 aromatic carbocycles. The molecule has 0 aromatic heterocycles. The van der Waals surface area contributed by atoms with Crippen LogP contribution in [0.4, 0.5) is 4.39 Å². The van der Waals surface area contributed by atoms with Crippen LogP contribution in [0.15, 0.2) is 18.2 Å². The molecule has 3 nitrogen and oxygen atoms in total. The van der Waals surface area contributed by atoms with Crippen LogP contribution >= 0.6 is 11.6 Å². The highest BCUT2D eigenvalue weighted by atomic mass is 35.5. The van der Waals surface area contributed by atoms with Crippen molar-refractivity contribution in [2.75, 3.05) is 13.1 Å². The first-order valence-corrected chi connectivity index (χ1v) is 11.3. The molecule has 4 saturated carbocycles. The van der Waals surface area contributed by atoms with Gasteiger partial charge in [-0.25, -0.2) is 4.39 Å². The van der Waals surface area contributed by atoms with Crippen LogP contribution in [0.2, 0.25) is 5.02 Å². The summed E-state index contributed by atoms with van der Waals surface area (Å²) in [6.07, 6.45) is 9.55. The Bertz CT molecular complexity index is 724. The Morgan fingerprint density at radius 2 is 1.71 bits per heavy atom. The normalized spacial score (nSPS) is 35.3. The second-order valence-corrected chi connectivity index (χ2v) is 10.4. The van der Waals surface area contributed by atoms with E-state index >= 15 is 0 Å². The summed E-state index contributed by atoms with van der Waals surface area (Å²) in [7, 11) is 0. The molecule has 28 heavy (non-hydrogen) atoms. The molecule has 4 bridgehead atoms. The average molecular weight is 405 g/mol. The summed E-state index contributed by atoms with van der Waals surface area (Å²) in [4.78, 5) is 15.3. The summed E-state index contributed by atoms with van der Waals surface area (Å²) >= 11 is 5.84. The lowest BCUT2D eigenvalue weighted by molar-refractivity contribution is -0.132. The molecule has 0 radical (unpaired) electrons. The van der Waals surface area contributed by atoms with Gasteiger partial charge in [0.05, 0.1) is 0 Å². The van der Waals surface area contributed by atoms with Crippen molar-refractivity contribution >= 4 is 17.5 Å². The first-order valence-electron chi connectivity index (χ1n) is 11.0. The summed E-state index contributed by atoms with van der Waals surface area (Å²) in [6, 6.07) is 4.89. The number of hydrogen-bond donors (Lipinski definition) is 1. The molecule has 0 unspecified atom stereocenters. The lowest BCUT2D eigenvalue weighted by Gasteiger charge is -2.57. The molecule has 0 spiro atoms. The minimum Gasteiger partial charge on any atom is -0.350 e. The van der Waals surface area contributed by atoms with E-state index in [1.807, 2.05) is 0 Å². The monoisotopic (exact) mass is 404 g/mol. The average Bonchev–Trinajstić information content (AvgIpc) is 2.63. The number of carbonyl (C=O) groups excluding carboxylic acids is 1. The Morgan fingerprint density at radius 3 is 2.29 bits per heavy atom. The third kappa shape index (κ3) is 3.70. The Kier molecular flexibility index (Phi) is 4.91. The van der Waals surface area contributed by atoms with Gasteiger partial charge >= 0.3 is 0 Å². The van der Waals surface area contributed by atoms with Crippen LogP contribution in [0.3, 0.4) is 0 Å². The van der Waals surface area contributed by atoms with Crippen molar-refractivity contribution in [2.24, 2.45) is 23.7 Å². The summed E-state index contributed by atoms with van der Waals surface area (Å²) in [6.45, 7) is 2.29. The molecule has 5 fully saturated rings. The standard InChI is InChI=1S/C23H30ClFN2O/c24-20-2-1-19(21(25)10-20)14-27-5-3-18(4-6-27)22(28)26-23-11-15-7-16(12-23)9-17(8-15)13-23/h1-2,10,15-18H,3-9,11-14H2,(H,26,28). The number of carbonyl (C=O) groups is 1. The van der Waals surface area contributed by atoms with E-state index in [9.17, 15) is 9.18 Å². The summed E-state index contributed by atoms with van der Waals surface area (Å²) in [5.41, 5.74) is 0.788. The number of likely N-dealkylation sites (tertiary alicyclic amines) is 1. The van der Waals surface area contributed by atoms with E-state index < -0.39 is 0 Å². The maximum Gasteiger partial charge on any atom is 0.223 e. The first-order chi connectivity index (χ1) is 13.5. The predicted octanol–water partition coefficient (Wildman–Crippen LogP) is 4.78. The zero-order chi connectivity index (χ0) is 19.3. The topological polar surface area (TPSA) is 32.3 Å². The van der Waals surface area contributed by atoms with Gasteiger partial charge in [0.1, 0.15) is 5.82 Å². The third-order valence-corrected chi connectivity index (χ3v) is 8.03. The van der Waals surface area contributed by atoms with Gasteiger partial charge < -0.3 is 5.32 Å². The molecule has 6 rings (SSSR count). The summed E-state index contributed by atoms with van der Waals surface area (Å²) < 4.78 is 14.0. The Hall–Kier alpha value is -1.13. The largest absolute Gasteiger partial charge is 0.350 e. The second-order valence-electron chi connectivity index (χ2n) is 9.97. The first kappa shape index (κ1) is 18.9. The number of benzene rings is 1. The van der Waals surface area contributed by atoms with Gasteiger partial charge in [-0.2, -0.15) is 0 Å². The van der Waals surface area contributed by atoms with Crippen molar-refractivity contribution in [1.29, 1.82) is 0 Å². The van der Waals surface area contributed by atoms with Crippen LogP contribution in [0.5, 0.6) is 0 Å². The van der Waals surface area contributed by atoms with E-state index in [0.717, 1.165) is 43.7 Å². The molecule has 1 aromatic rings. The molecule has 0 atom stereocenters. The maximum absolute atomic E-state index is 14.0. The van der Waals surface area contributed by atoms with Gasteiger partial charge in [0, 0.05) is 28.6 Å². The fourth-order valence-electron chi connectivity index (χ4n) is 6.87. The number of nitrogens with zero attached hydrogens (tertiary/aromatic N) is 1. The van der Waals surface area contributed by atoms with E-state index in [1.165, 1.54) is 44.6 Å². The smallest absolute Gasteiger partial charge is 0.223 e. The molecule has 152 valence electrons. The highest BCUT2D eigenvalue weighted by Crippen LogP contribution is 2.55. The van der Waals surface area contributed by atoms with Crippen LogP contribution < -0.4 is 5.32 Å². The zero-order valence-corrected chi connectivity index (χ0v) is 17.2. The number of hydrogen-bond acceptors (Lipinski definition) is 2.